The molecule has 2 aliphatic rings. The molecule has 1 aromatic carbocycles. The van der Waals surface area contributed by atoms with Gasteiger partial charge in [-0.05, 0) is 43.9 Å². The molecule has 7 nitrogen and oxygen atoms in total. The number of carbonyl (C=O) groups excluding carboxylic acids is 1. The lowest BCUT2D eigenvalue weighted by Gasteiger charge is -2.36. The van der Waals surface area contributed by atoms with Crippen LogP contribution in [0.1, 0.15) is 35.7 Å². The van der Waals surface area contributed by atoms with E-state index in [1.807, 2.05) is 34.5 Å². The molecule has 0 unspecified atom stereocenters. The average molecular weight is 377 g/mol. The molecular formula is C21H23N5O2. The molecule has 5 rings (SSSR count). The summed E-state index contributed by atoms with van der Waals surface area (Å²) >= 11 is 0. The fraction of sp³-hybridized carbons (Fsp3) is 0.429. The van der Waals surface area contributed by atoms with E-state index >= 15 is 0 Å². The van der Waals surface area contributed by atoms with E-state index < -0.39 is 0 Å². The Kier molecular flexibility index (Phi) is 4.22. The summed E-state index contributed by atoms with van der Waals surface area (Å²) in [4.78, 5) is 23.9. The van der Waals surface area contributed by atoms with Crippen molar-refractivity contribution >= 4 is 11.7 Å². The van der Waals surface area contributed by atoms with Crippen molar-refractivity contribution in [2.24, 2.45) is 5.92 Å². The van der Waals surface area contributed by atoms with E-state index in [2.05, 4.69) is 27.2 Å². The Labute approximate surface area is 163 Å². The van der Waals surface area contributed by atoms with Crippen molar-refractivity contribution in [3.8, 4) is 5.75 Å². The maximum atomic E-state index is 13.2. The Morgan fingerprint density at radius 1 is 1.29 bits per heavy atom. The average Bonchev–Trinajstić information content (AvgIpc) is 3.20. The van der Waals surface area contributed by atoms with Crippen LogP contribution in [-0.4, -0.2) is 50.1 Å². The van der Waals surface area contributed by atoms with Crippen LogP contribution in [0.3, 0.4) is 0 Å². The molecule has 144 valence electrons. The minimum atomic E-state index is -0.112. The summed E-state index contributed by atoms with van der Waals surface area (Å²) in [6.45, 7) is 3.94. The minimum absolute atomic E-state index is 0.112. The Morgan fingerprint density at radius 2 is 2.18 bits per heavy atom. The number of aryl methyl sites for hydroxylation is 1. The molecule has 0 radical (unpaired) electrons. The molecule has 0 saturated carbocycles. The van der Waals surface area contributed by atoms with Gasteiger partial charge >= 0.3 is 0 Å². The zero-order chi connectivity index (χ0) is 19.1. The molecule has 1 saturated heterocycles. The van der Waals surface area contributed by atoms with Gasteiger partial charge in [-0.2, -0.15) is 10.1 Å². The van der Waals surface area contributed by atoms with E-state index in [0.717, 1.165) is 48.5 Å². The Hall–Kier alpha value is -2.96. The maximum absolute atomic E-state index is 13.2. The van der Waals surface area contributed by atoms with Gasteiger partial charge in [0.15, 0.2) is 0 Å². The van der Waals surface area contributed by atoms with Gasteiger partial charge in [0.1, 0.15) is 18.7 Å². The van der Waals surface area contributed by atoms with E-state index in [9.17, 15) is 4.79 Å². The quantitative estimate of drug-likeness (QED) is 0.686. The number of carbonyl (C=O) groups is 1. The van der Waals surface area contributed by atoms with Gasteiger partial charge in [0.25, 0.3) is 5.78 Å². The Balaban J connectivity index is 1.36. The van der Waals surface area contributed by atoms with Gasteiger partial charge in [-0.15, -0.1) is 0 Å². The predicted octanol–water partition coefficient (Wildman–Crippen LogP) is 2.39. The van der Waals surface area contributed by atoms with E-state index in [1.54, 1.807) is 0 Å². The number of rotatable bonds is 2. The second kappa shape index (κ2) is 6.89. The van der Waals surface area contributed by atoms with Crippen LogP contribution in [0.2, 0.25) is 0 Å². The third-order valence-electron chi connectivity index (χ3n) is 5.79. The molecule has 2 aromatic heterocycles. The maximum Gasteiger partial charge on any atom is 0.252 e. The Morgan fingerprint density at radius 3 is 3.11 bits per heavy atom. The summed E-state index contributed by atoms with van der Waals surface area (Å²) in [5.74, 6) is 1.85. The van der Waals surface area contributed by atoms with E-state index in [0.29, 0.717) is 18.9 Å². The summed E-state index contributed by atoms with van der Waals surface area (Å²) in [5.41, 5.74) is 3.13. The summed E-state index contributed by atoms with van der Waals surface area (Å²) in [5, 5.41) is 4.34. The fourth-order valence-electron chi connectivity index (χ4n) is 4.41. The smallest absolute Gasteiger partial charge is 0.252 e. The lowest BCUT2D eigenvalue weighted by Crippen LogP contribution is -2.45. The number of benzene rings is 1. The van der Waals surface area contributed by atoms with Crippen molar-refractivity contribution < 1.29 is 9.53 Å². The first-order chi connectivity index (χ1) is 13.7. The van der Waals surface area contributed by atoms with Crippen LogP contribution in [0, 0.1) is 12.8 Å². The van der Waals surface area contributed by atoms with Crippen LogP contribution in [-0.2, 0) is 11.2 Å². The first-order valence-corrected chi connectivity index (χ1v) is 9.86. The van der Waals surface area contributed by atoms with Gasteiger partial charge in [0.05, 0.1) is 11.6 Å². The van der Waals surface area contributed by atoms with Crippen LogP contribution in [0.25, 0.3) is 5.78 Å². The number of fused-ring (bicyclic) bond motifs is 2. The number of aromatic nitrogens is 4. The summed E-state index contributed by atoms with van der Waals surface area (Å²) in [6, 6.07) is 10.1. The van der Waals surface area contributed by atoms with Crippen LogP contribution in [0.4, 0.5) is 0 Å². The van der Waals surface area contributed by atoms with Crippen LogP contribution in [0.5, 0.6) is 5.75 Å². The molecule has 2 atom stereocenters. The van der Waals surface area contributed by atoms with Crippen LogP contribution in [0.15, 0.2) is 36.7 Å². The molecule has 0 N–H and O–H groups in total. The second-order valence-corrected chi connectivity index (χ2v) is 7.74. The standard InChI is InChI=1S/C21H23N5O2/c1-14-9-18(26-21(24-14)22-13-23-26)16-6-4-8-25(11-16)20(27)17-10-15-5-2-3-7-19(15)28-12-17/h2-3,5,7,9,13,16-17H,4,6,8,10-12H2,1H3/t16-,17+/m1/s1. The van der Waals surface area contributed by atoms with Gasteiger partial charge < -0.3 is 9.64 Å². The topological polar surface area (TPSA) is 72.6 Å². The van der Waals surface area contributed by atoms with Gasteiger partial charge in [-0.1, -0.05) is 18.2 Å². The molecule has 0 bridgehead atoms. The highest BCUT2D eigenvalue weighted by molar-refractivity contribution is 5.80. The fourth-order valence-corrected chi connectivity index (χ4v) is 4.41. The highest BCUT2D eigenvalue weighted by atomic mass is 16.5. The molecular weight excluding hydrogens is 354 g/mol. The first-order valence-electron chi connectivity index (χ1n) is 9.86. The lowest BCUT2D eigenvalue weighted by atomic mass is 9.91. The third kappa shape index (κ3) is 3.00. The number of ether oxygens (including phenoxy) is 1. The van der Waals surface area contributed by atoms with Crippen molar-refractivity contribution in [1.29, 1.82) is 0 Å². The molecule has 0 spiro atoms. The monoisotopic (exact) mass is 377 g/mol. The summed E-state index contributed by atoms with van der Waals surface area (Å²) < 4.78 is 7.66. The zero-order valence-electron chi connectivity index (χ0n) is 15.9. The van der Waals surface area contributed by atoms with Gasteiger partial charge in [0.2, 0.25) is 5.91 Å². The lowest BCUT2D eigenvalue weighted by molar-refractivity contribution is -0.138. The second-order valence-electron chi connectivity index (χ2n) is 7.74. The van der Waals surface area contributed by atoms with Crippen molar-refractivity contribution in [1.82, 2.24) is 24.5 Å². The predicted molar refractivity (Wildman–Crippen MR) is 103 cm³/mol. The van der Waals surface area contributed by atoms with E-state index in [4.69, 9.17) is 4.74 Å². The van der Waals surface area contributed by atoms with E-state index in [1.165, 1.54) is 6.33 Å². The molecule has 1 amide bonds. The summed E-state index contributed by atoms with van der Waals surface area (Å²) in [6.07, 6.45) is 4.30. The van der Waals surface area contributed by atoms with Crippen LogP contribution >= 0.6 is 0 Å². The first kappa shape index (κ1) is 17.2. The number of para-hydroxylation sites is 1. The normalized spacial score (nSPS) is 22.0. The number of hydrogen-bond acceptors (Lipinski definition) is 5. The number of hydrogen-bond donors (Lipinski definition) is 0. The van der Waals surface area contributed by atoms with Crippen molar-refractivity contribution in [2.75, 3.05) is 19.7 Å². The molecule has 7 heteroatoms. The molecule has 3 aromatic rings. The number of nitrogens with zero attached hydrogens (tertiary/aromatic N) is 5. The molecule has 2 aliphatic heterocycles. The SMILES string of the molecule is Cc1cc([C@@H]2CCCN(C(=O)[C@@H]3COc4ccccc4C3)C2)n2ncnc2n1. The number of amides is 1. The molecule has 1 fully saturated rings. The highest BCUT2D eigenvalue weighted by Crippen LogP contribution is 2.31. The molecule has 4 heterocycles. The van der Waals surface area contributed by atoms with Gasteiger partial charge in [-0.25, -0.2) is 9.50 Å². The van der Waals surface area contributed by atoms with E-state index in [-0.39, 0.29) is 17.7 Å². The summed E-state index contributed by atoms with van der Waals surface area (Å²) in [7, 11) is 0. The molecule has 0 aliphatic carbocycles. The van der Waals surface area contributed by atoms with Gasteiger partial charge in [-0.3, -0.25) is 4.79 Å². The third-order valence-corrected chi connectivity index (χ3v) is 5.79. The zero-order valence-corrected chi connectivity index (χ0v) is 15.9. The van der Waals surface area contributed by atoms with Gasteiger partial charge in [0, 0.05) is 24.7 Å². The molecule has 28 heavy (non-hydrogen) atoms. The number of likely N-dealkylation sites (tertiary alicyclic amines) is 1. The highest BCUT2D eigenvalue weighted by Gasteiger charge is 2.33. The minimum Gasteiger partial charge on any atom is -0.492 e. The Bertz CT molecular complexity index is 1030. The van der Waals surface area contributed by atoms with Crippen molar-refractivity contribution in [3.05, 3.63) is 53.6 Å². The number of piperidine rings is 1. The van der Waals surface area contributed by atoms with Crippen molar-refractivity contribution in [3.63, 3.8) is 0 Å². The largest absolute Gasteiger partial charge is 0.492 e. The van der Waals surface area contributed by atoms with Crippen LogP contribution < -0.4 is 4.74 Å². The van der Waals surface area contributed by atoms with Crippen molar-refractivity contribution in [2.45, 2.75) is 32.1 Å².